The fourth-order valence-corrected chi connectivity index (χ4v) is 3.83. The van der Waals surface area contributed by atoms with Crippen LogP contribution in [0.5, 0.6) is 0 Å². The molecular formula is C20H33IN4O2. The number of hydrogen-bond donors (Lipinski definition) is 2. The van der Waals surface area contributed by atoms with Crippen LogP contribution >= 0.6 is 24.0 Å². The molecule has 2 atom stereocenters. The zero-order chi connectivity index (χ0) is 18.2. The van der Waals surface area contributed by atoms with Gasteiger partial charge in [-0.25, -0.2) is 4.99 Å². The second-order valence-corrected chi connectivity index (χ2v) is 7.52. The lowest BCUT2D eigenvalue weighted by Crippen LogP contribution is -2.48. The van der Waals surface area contributed by atoms with E-state index < -0.39 is 0 Å². The maximum absolute atomic E-state index is 12.3. The predicted octanol–water partition coefficient (Wildman–Crippen LogP) is 3.18. The molecule has 1 amide bonds. The van der Waals surface area contributed by atoms with E-state index in [1.807, 2.05) is 17.0 Å². The molecule has 7 heteroatoms. The lowest BCUT2D eigenvalue weighted by Gasteiger charge is -2.31. The molecule has 2 unspecified atom stereocenters. The Morgan fingerprint density at radius 2 is 2.04 bits per heavy atom. The van der Waals surface area contributed by atoms with E-state index in [-0.39, 0.29) is 36.4 Å². The van der Waals surface area contributed by atoms with Crippen LogP contribution in [0.25, 0.3) is 0 Å². The van der Waals surface area contributed by atoms with Gasteiger partial charge in [0, 0.05) is 32.1 Å². The minimum Gasteiger partial charge on any atom is -0.469 e. The summed E-state index contributed by atoms with van der Waals surface area (Å²) in [6, 6.07) is 4.31. The Balaban J connectivity index is 0.00000261. The van der Waals surface area contributed by atoms with Gasteiger partial charge in [0.2, 0.25) is 5.91 Å². The minimum absolute atomic E-state index is 0. The monoisotopic (exact) mass is 488 g/mol. The number of halogens is 1. The van der Waals surface area contributed by atoms with Crippen LogP contribution in [0.15, 0.2) is 27.8 Å². The zero-order valence-electron chi connectivity index (χ0n) is 16.3. The number of guanidine groups is 1. The van der Waals surface area contributed by atoms with Crippen LogP contribution in [0, 0.1) is 5.92 Å². The smallest absolute Gasteiger partial charge is 0.244 e. The standard InChI is InChI=1S/C20H32N4O2.HI/c1-16-7-2-3-9-18(16)23-20(21-11-10-17-8-6-14-26-17)22-15-19(25)24-12-4-5-13-24;/h6,8,14,16,18H,2-5,7,9-13,15H2,1H3,(H2,21,22,23);1H. The summed E-state index contributed by atoms with van der Waals surface area (Å²) < 4.78 is 5.39. The SMILES string of the molecule is CC1CCCCC1NC(=NCC(=O)N1CCCC1)NCCc1ccco1.I. The van der Waals surface area contributed by atoms with Crippen LogP contribution < -0.4 is 10.6 Å². The molecule has 1 aromatic rings. The van der Waals surface area contributed by atoms with Crippen molar-refractivity contribution in [2.24, 2.45) is 10.9 Å². The van der Waals surface area contributed by atoms with Crippen LogP contribution in [0.1, 0.15) is 51.2 Å². The van der Waals surface area contributed by atoms with Gasteiger partial charge in [-0.3, -0.25) is 4.79 Å². The fraction of sp³-hybridized carbons (Fsp3) is 0.700. The van der Waals surface area contributed by atoms with Crippen molar-refractivity contribution < 1.29 is 9.21 Å². The number of furan rings is 1. The van der Waals surface area contributed by atoms with Gasteiger partial charge in [0.1, 0.15) is 12.3 Å². The number of carbonyl (C=O) groups excluding carboxylic acids is 1. The van der Waals surface area contributed by atoms with Crippen molar-refractivity contribution in [3.63, 3.8) is 0 Å². The largest absolute Gasteiger partial charge is 0.469 e. The van der Waals surface area contributed by atoms with Crippen LogP contribution in [0.2, 0.25) is 0 Å². The molecule has 1 aromatic heterocycles. The van der Waals surface area contributed by atoms with Crippen molar-refractivity contribution in [1.82, 2.24) is 15.5 Å². The van der Waals surface area contributed by atoms with Gasteiger partial charge in [-0.05, 0) is 43.7 Å². The van der Waals surface area contributed by atoms with E-state index in [1.165, 1.54) is 25.7 Å². The molecule has 1 saturated carbocycles. The Bertz CT molecular complexity index is 585. The fourth-order valence-electron chi connectivity index (χ4n) is 3.83. The third-order valence-electron chi connectivity index (χ3n) is 5.51. The van der Waals surface area contributed by atoms with Crippen LogP contribution in [-0.2, 0) is 11.2 Å². The van der Waals surface area contributed by atoms with E-state index in [1.54, 1.807) is 6.26 Å². The van der Waals surface area contributed by atoms with E-state index in [9.17, 15) is 4.79 Å². The molecule has 152 valence electrons. The van der Waals surface area contributed by atoms with E-state index in [0.717, 1.165) is 50.6 Å². The first-order chi connectivity index (χ1) is 12.7. The summed E-state index contributed by atoms with van der Waals surface area (Å²) in [6.07, 6.45) is 9.71. The molecule has 3 rings (SSSR count). The quantitative estimate of drug-likeness (QED) is 0.367. The maximum atomic E-state index is 12.3. The zero-order valence-corrected chi connectivity index (χ0v) is 18.6. The molecule has 0 aromatic carbocycles. The average Bonchev–Trinajstić information content (AvgIpc) is 3.35. The number of amides is 1. The van der Waals surface area contributed by atoms with Crippen LogP contribution in [0.3, 0.4) is 0 Å². The number of aliphatic imine (C=N–C) groups is 1. The Labute approximate surface area is 179 Å². The molecule has 6 nitrogen and oxygen atoms in total. The highest BCUT2D eigenvalue weighted by molar-refractivity contribution is 14.0. The normalized spacial score (nSPS) is 23.0. The summed E-state index contributed by atoms with van der Waals surface area (Å²) in [6.45, 7) is 5.01. The summed E-state index contributed by atoms with van der Waals surface area (Å²) in [5.74, 6) is 2.47. The van der Waals surface area contributed by atoms with Gasteiger partial charge in [-0.2, -0.15) is 0 Å². The molecule has 0 spiro atoms. The molecule has 0 bridgehead atoms. The van der Waals surface area contributed by atoms with Crippen LogP contribution in [-0.4, -0.2) is 49.0 Å². The summed E-state index contributed by atoms with van der Waals surface area (Å²) in [5, 5.41) is 6.95. The minimum atomic E-state index is 0. The summed E-state index contributed by atoms with van der Waals surface area (Å²) in [4.78, 5) is 18.8. The third-order valence-corrected chi connectivity index (χ3v) is 5.51. The van der Waals surface area contributed by atoms with Gasteiger partial charge in [-0.1, -0.05) is 19.8 Å². The number of carbonyl (C=O) groups is 1. The van der Waals surface area contributed by atoms with Gasteiger partial charge in [0.15, 0.2) is 5.96 Å². The summed E-state index contributed by atoms with van der Waals surface area (Å²) in [5.41, 5.74) is 0. The molecule has 2 aliphatic rings. The Hall–Kier alpha value is -1.25. The second-order valence-electron chi connectivity index (χ2n) is 7.52. The summed E-state index contributed by atoms with van der Waals surface area (Å²) in [7, 11) is 0. The number of hydrogen-bond acceptors (Lipinski definition) is 3. The van der Waals surface area contributed by atoms with Crippen molar-refractivity contribution in [2.45, 2.75) is 57.9 Å². The lowest BCUT2D eigenvalue weighted by molar-refractivity contribution is -0.128. The Morgan fingerprint density at radius 1 is 1.26 bits per heavy atom. The molecule has 0 radical (unpaired) electrons. The average molecular weight is 488 g/mol. The number of nitrogens with zero attached hydrogens (tertiary/aromatic N) is 2. The number of rotatable bonds is 6. The molecule has 1 aliphatic carbocycles. The van der Waals surface area contributed by atoms with Gasteiger partial charge < -0.3 is 20.0 Å². The molecule has 2 heterocycles. The van der Waals surface area contributed by atoms with Crippen molar-refractivity contribution >= 4 is 35.8 Å². The molecule has 1 aliphatic heterocycles. The van der Waals surface area contributed by atoms with Crippen molar-refractivity contribution in [2.75, 3.05) is 26.2 Å². The Kier molecular flexibility index (Phi) is 9.44. The highest BCUT2D eigenvalue weighted by Crippen LogP contribution is 2.23. The van der Waals surface area contributed by atoms with E-state index in [4.69, 9.17) is 4.42 Å². The predicted molar refractivity (Wildman–Crippen MR) is 119 cm³/mol. The molecule has 2 fully saturated rings. The molecular weight excluding hydrogens is 455 g/mol. The Morgan fingerprint density at radius 3 is 2.74 bits per heavy atom. The van der Waals surface area contributed by atoms with E-state index in [2.05, 4.69) is 22.5 Å². The van der Waals surface area contributed by atoms with Gasteiger partial charge in [-0.15, -0.1) is 24.0 Å². The van der Waals surface area contributed by atoms with Crippen molar-refractivity contribution in [3.05, 3.63) is 24.2 Å². The highest BCUT2D eigenvalue weighted by atomic mass is 127. The van der Waals surface area contributed by atoms with E-state index >= 15 is 0 Å². The molecule has 27 heavy (non-hydrogen) atoms. The maximum Gasteiger partial charge on any atom is 0.244 e. The van der Waals surface area contributed by atoms with Gasteiger partial charge in [0.05, 0.1) is 6.26 Å². The third kappa shape index (κ3) is 7.01. The number of likely N-dealkylation sites (tertiary alicyclic amines) is 1. The highest BCUT2D eigenvalue weighted by Gasteiger charge is 2.22. The topological polar surface area (TPSA) is 69.9 Å². The summed E-state index contributed by atoms with van der Waals surface area (Å²) >= 11 is 0. The molecule has 1 saturated heterocycles. The first kappa shape index (κ1) is 22.0. The number of nitrogens with one attached hydrogen (secondary N) is 2. The van der Waals surface area contributed by atoms with Gasteiger partial charge >= 0.3 is 0 Å². The lowest BCUT2D eigenvalue weighted by atomic mass is 9.86. The van der Waals surface area contributed by atoms with Crippen LogP contribution in [0.4, 0.5) is 0 Å². The van der Waals surface area contributed by atoms with E-state index in [0.29, 0.717) is 12.0 Å². The van der Waals surface area contributed by atoms with Gasteiger partial charge in [0.25, 0.3) is 0 Å². The first-order valence-corrected chi connectivity index (χ1v) is 10.1. The molecule has 2 N–H and O–H groups in total. The van der Waals surface area contributed by atoms with Crippen molar-refractivity contribution in [1.29, 1.82) is 0 Å². The second kappa shape index (κ2) is 11.6. The first-order valence-electron chi connectivity index (χ1n) is 10.1. The van der Waals surface area contributed by atoms with Crippen molar-refractivity contribution in [3.8, 4) is 0 Å².